The quantitative estimate of drug-likeness (QED) is 0.806. The molecule has 0 aliphatic heterocycles. The Hall–Kier alpha value is -1.62. The fourth-order valence-corrected chi connectivity index (χ4v) is 2.45. The van der Waals surface area contributed by atoms with Crippen LogP contribution in [-0.2, 0) is 10.8 Å². The van der Waals surface area contributed by atoms with Gasteiger partial charge in [-0.1, -0.05) is 48.5 Å². The third-order valence-electron chi connectivity index (χ3n) is 2.38. The largest absolute Gasteiger partial charge is 0.475 e. The molecule has 5 heteroatoms. The normalized spacial score (nSPS) is 13.3. The standard InChI is InChI=1S/C13H9F3OS/c14-13(15,16)18(17)12-9-5-4-8-11(12)10-6-2-1-3-7-10/h1-9H. The maximum atomic E-state index is 12.5. The maximum Gasteiger partial charge on any atom is 0.475 e. The maximum absolute atomic E-state index is 12.5. The lowest BCUT2D eigenvalue weighted by atomic mass is 10.1. The van der Waals surface area contributed by atoms with Gasteiger partial charge >= 0.3 is 5.51 Å². The van der Waals surface area contributed by atoms with E-state index in [9.17, 15) is 17.4 Å². The van der Waals surface area contributed by atoms with Crippen molar-refractivity contribution >= 4 is 10.8 Å². The first-order valence-electron chi connectivity index (χ1n) is 5.13. The average Bonchev–Trinajstić information content (AvgIpc) is 2.38. The summed E-state index contributed by atoms with van der Waals surface area (Å²) < 4.78 is 49.0. The second-order valence-corrected chi connectivity index (χ2v) is 5.02. The molecule has 2 aromatic carbocycles. The molecule has 0 spiro atoms. The Morgan fingerprint density at radius 3 is 2.00 bits per heavy atom. The number of benzene rings is 2. The summed E-state index contributed by atoms with van der Waals surface area (Å²) in [6.07, 6.45) is 0. The van der Waals surface area contributed by atoms with Crippen LogP contribution in [0.5, 0.6) is 0 Å². The highest BCUT2D eigenvalue weighted by Gasteiger charge is 2.39. The number of alkyl halides is 3. The van der Waals surface area contributed by atoms with Gasteiger partial charge in [-0.3, -0.25) is 0 Å². The predicted octanol–water partition coefficient (Wildman–Crippen LogP) is 3.98. The lowest BCUT2D eigenvalue weighted by Gasteiger charge is -2.11. The van der Waals surface area contributed by atoms with Gasteiger partial charge in [0.15, 0.2) is 10.8 Å². The molecule has 1 atom stereocenters. The summed E-state index contributed by atoms with van der Waals surface area (Å²) in [5.41, 5.74) is -3.79. The van der Waals surface area contributed by atoms with E-state index in [2.05, 4.69) is 0 Å². The van der Waals surface area contributed by atoms with Crippen LogP contribution in [0.1, 0.15) is 0 Å². The molecule has 1 nitrogen and oxygen atoms in total. The number of halogens is 3. The zero-order valence-corrected chi connectivity index (χ0v) is 9.96. The summed E-state index contributed by atoms with van der Waals surface area (Å²) in [6, 6.07) is 14.4. The molecule has 0 heterocycles. The number of hydrogen-bond donors (Lipinski definition) is 0. The number of rotatable bonds is 2. The van der Waals surface area contributed by atoms with Gasteiger partial charge in [-0.25, -0.2) is 4.21 Å². The van der Waals surface area contributed by atoms with E-state index in [4.69, 9.17) is 0 Å². The van der Waals surface area contributed by atoms with E-state index in [0.29, 0.717) is 11.1 Å². The van der Waals surface area contributed by atoms with Crippen LogP contribution in [0.15, 0.2) is 59.5 Å². The molecule has 2 aromatic rings. The van der Waals surface area contributed by atoms with Gasteiger partial charge < -0.3 is 0 Å². The Balaban J connectivity index is 2.54. The van der Waals surface area contributed by atoms with Crippen LogP contribution in [0.4, 0.5) is 13.2 Å². The van der Waals surface area contributed by atoms with Crippen molar-refractivity contribution in [3.8, 4) is 11.1 Å². The zero-order valence-electron chi connectivity index (χ0n) is 9.15. The molecular formula is C13H9F3OS. The van der Waals surface area contributed by atoms with Crippen molar-refractivity contribution in [3.05, 3.63) is 54.6 Å². The molecule has 0 aliphatic carbocycles. The Kier molecular flexibility index (Phi) is 3.52. The second-order valence-electron chi connectivity index (χ2n) is 3.58. The fourth-order valence-electron chi connectivity index (χ4n) is 1.61. The van der Waals surface area contributed by atoms with E-state index < -0.39 is 16.3 Å². The van der Waals surface area contributed by atoms with Crippen molar-refractivity contribution < 1.29 is 17.4 Å². The molecule has 0 fully saturated rings. The summed E-state index contributed by atoms with van der Waals surface area (Å²) in [5, 5.41) is 0. The molecular weight excluding hydrogens is 261 g/mol. The molecule has 0 radical (unpaired) electrons. The minimum atomic E-state index is -4.75. The predicted molar refractivity (Wildman–Crippen MR) is 64.3 cm³/mol. The molecule has 0 bridgehead atoms. The SMILES string of the molecule is O=S(c1ccccc1-c1ccccc1)C(F)(F)F. The fraction of sp³-hybridized carbons (Fsp3) is 0.0769. The molecule has 0 amide bonds. The summed E-state index contributed by atoms with van der Waals surface area (Å²) in [7, 11) is -3.01. The first-order valence-corrected chi connectivity index (χ1v) is 6.28. The van der Waals surface area contributed by atoms with E-state index in [0.717, 1.165) is 0 Å². The van der Waals surface area contributed by atoms with Crippen molar-refractivity contribution in [3.63, 3.8) is 0 Å². The highest BCUT2D eigenvalue weighted by molar-refractivity contribution is 7.86. The number of hydrogen-bond acceptors (Lipinski definition) is 1. The van der Waals surface area contributed by atoms with Crippen molar-refractivity contribution in [1.82, 2.24) is 0 Å². The Labute approximate surface area is 105 Å². The Morgan fingerprint density at radius 1 is 0.833 bits per heavy atom. The van der Waals surface area contributed by atoms with E-state index in [1.165, 1.54) is 18.2 Å². The summed E-state index contributed by atoms with van der Waals surface area (Å²) in [5.74, 6) is 0. The molecule has 2 rings (SSSR count). The third kappa shape index (κ3) is 2.61. The van der Waals surface area contributed by atoms with Crippen molar-refractivity contribution in [2.45, 2.75) is 10.4 Å². The zero-order chi connectivity index (χ0) is 13.2. The molecule has 0 N–H and O–H groups in total. The molecule has 0 aromatic heterocycles. The van der Waals surface area contributed by atoms with E-state index in [-0.39, 0.29) is 4.90 Å². The van der Waals surface area contributed by atoms with Crippen LogP contribution >= 0.6 is 0 Å². The van der Waals surface area contributed by atoms with Crippen LogP contribution in [0.25, 0.3) is 11.1 Å². The van der Waals surface area contributed by atoms with E-state index in [1.807, 2.05) is 0 Å². The molecule has 94 valence electrons. The van der Waals surface area contributed by atoms with Crippen LogP contribution < -0.4 is 0 Å². The van der Waals surface area contributed by atoms with Crippen LogP contribution in [-0.4, -0.2) is 9.72 Å². The van der Waals surface area contributed by atoms with Gasteiger partial charge in [0.2, 0.25) is 0 Å². The molecule has 1 unspecified atom stereocenters. The van der Waals surface area contributed by atoms with Crippen LogP contribution in [0.3, 0.4) is 0 Å². The van der Waals surface area contributed by atoms with Crippen molar-refractivity contribution in [2.75, 3.05) is 0 Å². The monoisotopic (exact) mass is 270 g/mol. The van der Waals surface area contributed by atoms with Gasteiger partial charge in [-0.2, -0.15) is 13.2 Å². The summed E-state index contributed by atoms with van der Waals surface area (Å²) in [4.78, 5) is -0.212. The van der Waals surface area contributed by atoms with Gasteiger partial charge in [-0.05, 0) is 17.2 Å². The molecule has 0 saturated carbocycles. The Bertz CT molecular complexity index is 564. The van der Waals surface area contributed by atoms with Gasteiger partial charge in [0.1, 0.15) is 0 Å². The highest BCUT2D eigenvalue weighted by atomic mass is 32.2. The van der Waals surface area contributed by atoms with Crippen molar-refractivity contribution in [1.29, 1.82) is 0 Å². The van der Waals surface area contributed by atoms with E-state index in [1.54, 1.807) is 36.4 Å². The smallest absolute Gasteiger partial charge is 0.245 e. The van der Waals surface area contributed by atoms with Crippen LogP contribution in [0, 0.1) is 0 Å². The van der Waals surface area contributed by atoms with Crippen LogP contribution in [0.2, 0.25) is 0 Å². The average molecular weight is 270 g/mol. The first-order chi connectivity index (χ1) is 8.50. The lowest BCUT2D eigenvalue weighted by molar-refractivity contribution is -0.0384. The topological polar surface area (TPSA) is 17.1 Å². The Morgan fingerprint density at radius 2 is 1.39 bits per heavy atom. The van der Waals surface area contributed by atoms with Gasteiger partial charge in [0.25, 0.3) is 0 Å². The first kappa shape index (κ1) is 12.8. The molecule has 0 aliphatic rings. The minimum absolute atomic E-state index is 0.212. The van der Waals surface area contributed by atoms with Gasteiger partial charge in [0, 0.05) is 0 Å². The van der Waals surface area contributed by atoms with Gasteiger partial charge in [-0.15, -0.1) is 0 Å². The third-order valence-corrected chi connectivity index (χ3v) is 3.56. The lowest BCUT2D eigenvalue weighted by Crippen LogP contribution is -2.16. The van der Waals surface area contributed by atoms with Gasteiger partial charge in [0.05, 0.1) is 4.90 Å². The van der Waals surface area contributed by atoms with Crippen molar-refractivity contribution in [2.24, 2.45) is 0 Å². The summed E-state index contributed by atoms with van der Waals surface area (Å²) in [6.45, 7) is 0. The summed E-state index contributed by atoms with van der Waals surface area (Å²) >= 11 is 0. The molecule has 18 heavy (non-hydrogen) atoms. The minimum Gasteiger partial charge on any atom is -0.245 e. The molecule has 0 saturated heterocycles. The second kappa shape index (κ2) is 4.94. The van der Waals surface area contributed by atoms with E-state index >= 15 is 0 Å². The highest BCUT2D eigenvalue weighted by Crippen LogP contribution is 2.33.